The molecule has 0 aliphatic rings. The van der Waals surface area contributed by atoms with Crippen molar-refractivity contribution in [2.24, 2.45) is 17.2 Å². The lowest BCUT2D eigenvalue weighted by Crippen LogP contribution is -2.17. The number of anilines is 9. The summed E-state index contributed by atoms with van der Waals surface area (Å²) in [6.07, 6.45) is 0. The predicted octanol–water partition coefficient (Wildman–Crippen LogP) is 10.5. The maximum atomic E-state index is 6.18. The van der Waals surface area contributed by atoms with Gasteiger partial charge in [-0.25, -0.2) is 0 Å². The molecular weight excluding hydrogens is 625 g/mol. The first-order chi connectivity index (χ1) is 25.1. The van der Waals surface area contributed by atoms with Gasteiger partial charge in [0.25, 0.3) is 0 Å². The van der Waals surface area contributed by atoms with E-state index in [4.69, 9.17) is 17.2 Å². The third-order valence-electron chi connectivity index (χ3n) is 8.92. The number of para-hydroxylation sites is 3. The van der Waals surface area contributed by atoms with Gasteiger partial charge in [-0.15, -0.1) is 0 Å². The molecule has 252 valence electrons. The Balaban J connectivity index is 1.55. The van der Waals surface area contributed by atoms with E-state index in [0.29, 0.717) is 19.6 Å². The molecule has 7 rings (SSSR count). The van der Waals surface area contributed by atoms with Crippen molar-refractivity contribution < 1.29 is 0 Å². The number of benzene rings is 7. The van der Waals surface area contributed by atoms with E-state index < -0.39 is 0 Å². The van der Waals surface area contributed by atoms with Gasteiger partial charge in [0.05, 0.1) is 17.1 Å². The molecule has 0 heterocycles. The summed E-state index contributed by atoms with van der Waals surface area (Å²) in [6.45, 7) is 1.33. The quantitative estimate of drug-likeness (QED) is 0.120. The van der Waals surface area contributed by atoms with Gasteiger partial charge in [0.2, 0.25) is 0 Å². The average molecular weight is 667 g/mol. The minimum absolute atomic E-state index is 0.445. The van der Waals surface area contributed by atoms with Gasteiger partial charge < -0.3 is 31.9 Å². The zero-order valence-corrected chi connectivity index (χ0v) is 28.5. The molecule has 0 aromatic heterocycles. The van der Waals surface area contributed by atoms with Crippen molar-refractivity contribution in [2.45, 2.75) is 19.6 Å². The van der Waals surface area contributed by atoms with E-state index in [2.05, 4.69) is 178 Å². The van der Waals surface area contributed by atoms with Gasteiger partial charge in [-0.2, -0.15) is 0 Å². The van der Waals surface area contributed by atoms with Crippen LogP contribution in [0.15, 0.2) is 182 Å². The van der Waals surface area contributed by atoms with Crippen LogP contribution in [0.1, 0.15) is 16.7 Å². The van der Waals surface area contributed by atoms with E-state index in [0.717, 1.165) is 67.9 Å². The number of hydrogen-bond acceptors (Lipinski definition) is 6. The van der Waals surface area contributed by atoms with Crippen LogP contribution in [0.5, 0.6) is 0 Å². The molecule has 7 aromatic carbocycles. The number of rotatable bonds is 12. The lowest BCUT2D eigenvalue weighted by molar-refractivity contribution is 1.07. The summed E-state index contributed by atoms with van der Waals surface area (Å²) in [5.74, 6) is 0. The second kappa shape index (κ2) is 15.6. The smallest absolute Gasteiger partial charge is 0.0503 e. The minimum Gasteiger partial charge on any atom is -0.326 e. The Bertz CT molecular complexity index is 1920. The lowest BCUT2D eigenvalue weighted by Gasteiger charge is -2.33. The summed E-state index contributed by atoms with van der Waals surface area (Å²) >= 11 is 0. The topological polar surface area (TPSA) is 87.8 Å². The molecule has 0 fully saturated rings. The fourth-order valence-corrected chi connectivity index (χ4v) is 6.51. The maximum absolute atomic E-state index is 6.18. The van der Waals surface area contributed by atoms with Crippen LogP contribution in [0.3, 0.4) is 0 Å². The summed E-state index contributed by atoms with van der Waals surface area (Å²) in [5.41, 5.74) is 30.8. The van der Waals surface area contributed by atoms with E-state index in [1.54, 1.807) is 0 Å². The van der Waals surface area contributed by atoms with Crippen molar-refractivity contribution in [1.82, 2.24) is 0 Å². The first-order valence-electron chi connectivity index (χ1n) is 17.2. The van der Waals surface area contributed by atoms with Crippen LogP contribution in [-0.2, 0) is 19.6 Å². The number of hydrogen-bond donors (Lipinski definition) is 3. The van der Waals surface area contributed by atoms with Crippen molar-refractivity contribution in [3.05, 3.63) is 199 Å². The zero-order chi connectivity index (χ0) is 35.0. The molecule has 0 radical (unpaired) electrons. The molecule has 6 heteroatoms. The van der Waals surface area contributed by atoms with Crippen molar-refractivity contribution >= 4 is 51.2 Å². The number of nitrogens with zero attached hydrogens (tertiary/aromatic N) is 3. The summed E-state index contributed by atoms with van der Waals surface area (Å²) in [5, 5.41) is 0. The molecule has 0 spiro atoms. The van der Waals surface area contributed by atoms with Crippen LogP contribution in [0.2, 0.25) is 0 Å². The fourth-order valence-electron chi connectivity index (χ4n) is 6.51. The van der Waals surface area contributed by atoms with Crippen LogP contribution in [-0.4, -0.2) is 0 Å². The summed E-state index contributed by atoms with van der Waals surface area (Å²) < 4.78 is 0. The monoisotopic (exact) mass is 666 g/mol. The zero-order valence-electron chi connectivity index (χ0n) is 28.5. The highest BCUT2D eigenvalue weighted by atomic mass is 15.2. The van der Waals surface area contributed by atoms with E-state index >= 15 is 0 Å². The standard InChI is InChI=1S/C45H42N6/c46-31-34-13-10-22-40(25-34)49(37-16-4-1-5-17-37)43-28-44(50(38-18-6-2-7-19-38)41-23-11-14-35(26-41)32-47)30-45(29-43)51(39-20-8-3-9-21-39)42-24-12-15-36(27-42)33-48/h1-30H,31-33,46-48H2. The highest BCUT2D eigenvalue weighted by Crippen LogP contribution is 2.46. The molecule has 0 aliphatic heterocycles. The molecule has 0 bridgehead atoms. The molecule has 0 unspecified atom stereocenters. The molecule has 0 aliphatic carbocycles. The number of nitrogens with two attached hydrogens (primary N) is 3. The molecule has 0 amide bonds. The minimum atomic E-state index is 0.445. The van der Waals surface area contributed by atoms with E-state index in [9.17, 15) is 0 Å². The second-order valence-corrected chi connectivity index (χ2v) is 12.3. The van der Waals surface area contributed by atoms with E-state index in [-0.39, 0.29) is 0 Å². The Labute approximate surface area is 300 Å². The molecule has 6 N–H and O–H groups in total. The Kier molecular flexibility index (Phi) is 10.2. The maximum Gasteiger partial charge on any atom is 0.0503 e. The first kappa shape index (κ1) is 33.3. The Hall–Kier alpha value is -6.18. The van der Waals surface area contributed by atoms with Crippen LogP contribution < -0.4 is 31.9 Å². The van der Waals surface area contributed by atoms with Gasteiger partial charge in [0, 0.05) is 53.8 Å². The molecule has 0 saturated heterocycles. The van der Waals surface area contributed by atoms with E-state index in [1.807, 2.05) is 18.2 Å². The van der Waals surface area contributed by atoms with Crippen molar-refractivity contribution in [1.29, 1.82) is 0 Å². The van der Waals surface area contributed by atoms with Crippen LogP contribution in [0.4, 0.5) is 51.2 Å². The van der Waals surface area contributed by atoms with Gasteiger partial charge in [0.1, 0.15) is 0 Å². The highest BCUT2D eigenvalue weighted by molar-refractivity contribution is 5.89. The lowest BCUT2D eigenvalue weighted by atomic mass is 10.1. The van der Waals surface area contributed by atoms with E-state index in [1.165, 1.54) is 0 Å². The van der Waals surface area contributed by atoms with Crippen LogP contribution in [0, 0.1) is 0 Å². The van der Waals surface area contributed by atoms with Gasteiger partial charge >= 0.3 is 0 Å². The Morgan fingerprint density at radius 3 is 0.765 bits per heavy atom. The highest BCUT2D eigenvalue weighted by Gasteiger charge is 2.22. The summed E-state index contributed by atoms with van der Waals surface area (Å²) in [4.78, 5) is 6.89. The summed E-state index contributed by atoms with van der Waals surface area (Å²) in [7, 11) is 0. The molecule has 0 atom stereocenters. The summed E-state index contributed by atoms with van der Waals surface area (Å²) in [6, 6.07) is 63.5. The molecule has 51 heavy (non-hydrogen) atoms. The fraction of sp³-hybridized carbons (Fsp3) is 0.0667. The molecule has 7 aromatic rings. The largest absolute Gasteiger partial charge is 0.326 e. The van der Waals surface area contributed by atoms with Crippen molar-refractivity contribution in [3.8, 4) is 0 Å². The van der Waals surface area contributed by atoms with Crippen molar-refractivity contribution in [2.75, 3.05) is 14.7 Å². The SMILES string of the molecule is NCc1cccc(N(c2ccccc2)c2cc(N(c3ccccc3)c3cccc(CN)c3)cc(N(c3ccccc3)c3cccc(CN)c3)c2)c1. The van der Waals surface area contributed by atoms with Crippen LogP contribution >= 0.6 is 0 Å². The second-order valence-electron chi connectivity index (χ2n) is 12.3. The molecule has 6 nitrogen and oxygen atoms in total. The Morgan fingerprint density at radius 2 is 0.510 bits per heavy atom. The van der Waals surface area contributed by atoms with Gasteiger partial charge in [-0.1, -0.05) is 91.0 Å². The molecular formula is C45H42N6. The van der Waals surface area contributed by atoms with Gasteiger partial charge in [-0.3, -0.25) is 0 Å². The predicted molar refractivity (Wildman–Crippen MR) is 214 cm³/mol. The third-order valence-corrected chi connectivity index (χ3v) is 8.92. The van der Waals surface area contributed by atoms with Gasteiger partial charge in [0.15, 0.2) is 0 Å². The Morgan fingerprint density at radius 1 is 0.255 bits per heavy atom. The molecule has 0 saturated carbocycles. The third kappa shape index (κ3) is 7.39. The van der Waals surface area contributed by atoms with Gasteiger partial charge in [-0.05, 0) is 108 Å². The van der Waals surface area contributed by atoms with Crippen molar-refractivity contribution in [3.63, 3.8) is 0 Å². The normalized spacial score (nSPS) is 10.9. The first-order valence-corrected chi connectivity index (χ1v) is 17.2. The van der Waals surface area contributed by atoms with Crippen LogP contribution in [0.25, 0.3) is 0 Å². The average Bonchev–Trinajstić information content (AvgIpc) is 3.20.